The van der Waals surface area contributed by atoms with Gasteiger partial charge in [-0.1, -0.05) is 42.5 Å². The van der Waals surface area contributed by atoms with Gasteiger partial charge >= 0.3 is 6.03 Å². The van der Waals surface area contributed by atoms with E-state index in [2.05, 4.69) is 10.6 Å². The standard InChI is InChI=1S/C25H16N4OS/c30-25(26-17-10-9-15-5-1-2-6-16(15)13-17)27-18-11-12-22-19(14-18)23-24(31-22)29-21-8-4-3-7-20(21)28-23/h1-14H,(H2,26,27,30). The molecule has 2 aromatic heterocycles. The van der Waals surface area contributed by atoms with E-state index in [0.29, 0.717) is 5.69 Å². The first-order valence-corrected chi connectivity index (χ1v) is 10.7. The van der Waals surface area contributed by atoms with Gasteiger partial charge in [-0.25, -0.2) is 14.8 Å². The van der Waals surface area contributed by atoms with Gasteiger partial charge in [-0.05, 0) is 53.2 Å². The summed E-state index contributed by atoms with van der Waals surface area (Å²) >= 11 is 1.61. The lowest BCUT2D eigenvalue weighted by Crippen LogP contribution is -2.19. The Kier molecular flexibility index (Phi) is 4.04. The van der Waals surface area contributed by atoms with Gasteiger partial charge in [-0.3, -0.25) is 0 Å². The Morgan fingerprint density at radius 2 is 1.39 bits per heavy atom. The van der Waals surface area contributed by atoms with Crippen LogP contribution in [0.4, 0.5) is 16.2 Å². The number of hydrogen-bond acceptors (Lipinski definition) is 4. The summed E-state index contributed by atoms with van der Waals surface area (Å²) in [6.07, 6.45) is 0. The second kappa shape index (κ2) is 7.04. The van der Waals surface area contributed by atoms with Gasteiger partial charge in [0.2, 0.25) is 0 Å². The predicted molar refractivity (Wildman–Crippen MR) is 129 cm³/mol. The van der Waals surface area contributed by atoms with E-state index >= 15 is 0 Å². The molecule has 2 amide bonds. The lowest BCUT2D eigenvalue weighted by molar-refractivity contribution is 0.262. The van der Waals surface area contributed by atoms with E-state index in [1.165, 1.54) is 0 Å². The molecule has 6 heteroatoms. The Morgan fingerprint density at radius 1 is 0.710 bits per heavy atom. The second-order valence-electron chi connectivity index (χ2n) is 7.32. The maximum Gasteiger partial charge on any atom is 0.323 e. The van der Waals surface area contributed by atoms with Crippen molar-refractivity contribution in [1.82, 2.24) is 9.97 Å². The van der Waals surface area contributed by atoms with E-state index in [1.54, 1.807) is 11.3 Å². The van der Waals surface area contributed by atoms with E-state index in [1.807, 2.05) is 84.9 Å². The quantitative estimate of drug-likeness (QED) is 0.324. The lowest BCUT2D eigenvalue weighted by atomic mass is 10.1. The zero-order chi connectivity index (χ0) is 20.8. The molecule has 0 fully saturated rings. The lowest BCUT2D eigenvalue weighted by Gasteiger charge is -2.09. The molecule has 6 rings (SSSR count). The van der Waals surface area contributed by atoms with Crippen molar-refractivity contribution in [3.8, 4) is 0 Å². The number of para-hydroxylation sites is 2. The van der Waals surface area contributed by atoms with Crippen molar-refractivity contribution in [2.24, 2.45) is 0 Å². The zero-order valence-electron chi connectivity index (χ0n) is 16.3. The highest BCUT2D eigenvalue weighted by Gasteiger charge is 2.11. The third-order valence-corrected chi connectivity index (χ3v) is 6.30. The third kappa shape index (κ3) is 3.23. The largest absolute Gasteiger partial charge is 0.323 e. The fourth-order valence-electron chi connectivity index (χ4n) is 3.78. The van der Waals surface area contributed by atoms with E-state index < -0.39 is 0 Å². The fraction of sp³-hybridized carbons (Fsp3) is 0. The minimum atomic E-state index is -0.286. The van der Waals surface area contributed by atoms with Crippen LogP contribution >= 0.6 is 11.3 Å². The van der Waals surface area contributed by atoms with Crippen LogP contribution < -0.4 is 10.6 Å². The number of nitrogens with zero attached hydrogens (tertiary/aromatic N) is 2. The number of benzene rings is 4. The fourth-order valence-corrected chi connectivity index (χ4v) is 4.78. The highest BCUT2D eigenvalue weighted by Crippen LogP contribution is 2.34. The Morgan fingerprint density at radius 3 is 2.23 bits per heavy atom. The number of anilines is 2. The molecule has 31 heavy (non-hydrogen) atoms. The maximum absolute atomic E-state index is 12.6. The average Bonchev–Trinajstić information content (AvgIpc) is 3.14. The molecular weight excluding hydrogens is 404 g/mol. The number of thiophene rings is 1. The molecule has 0 bridgehead atoms. The van der Waals surface area contributed by atoms with Crippen molar-refractivity contribution in [3.05, 3.63) is 84.9 Å². The SMILES string of the molecule is O=C(Nc1ccc2ccccc2c1)Nc1ccc2sc3nc4ccccc4nc3c2c1. The van der Waals surface area contributed by atoms with Crippen LogP contribution in [0.25, 0.3) is 42.2 Å². The van der Waals surface area contributed by atoms with Crippen molar-refractivity contribution in [3.63, 3.8) is 0 Å². The number of urea groups is 1. The van der Waals surface area contributed by atoms with Gasteiger partial charge < -0.3 is 10.6 Å². The first kappa shape index (κ1) is 17.8. The van der Waals surface area contributed by atoms with Crippen molar-refractivity contribution < 1.29 is 4.79 Å². The average molecular weight is 420 g/mol. The van der Waals surface area contributed by atoms with Crippen molar-refractivity contribution in [1.29, 1.82) is 0 Å². The van der Waals surface area contributed by atoms with Gasteiger partial charge in [0.15, 0.2) is 0 Å². The summed E-state index contributed by atoms with van der Waals surface area (Å²) < 4.78 is 1.09. The van der Waals surface area contributed by atoms with Crippen molar-refractivity contribution >= 4 is 71.0 Å². The maximum atomic E-state index is 12.6. The van der Waals surface area contributed by atoms with Gasteiger partial charge in [-0.15, -0.1) is 11.3 Å². The molecule has 0 aliphatic heterocycles. The molecule has 0 spiro atoms. The Balaban J connectivity index is 1.31. The number of amides is 2. The molecule has 0 radical (unpaired) electrons. The van der Waals surface area contributed by atoms with Crippen LogP contribution in [0, 0.1) is 0 Å². The van der Waals surface area contributed by atoms with Crippen LogP contribution in [0.3, 0.4) is 0 Å². The van der Waals surface area contributed by atoms with Crippen molar-refractivity contribution in [2.75, 3.05) is 10.6 Å². The molecule has 148 valence electrons. The van der Waals surface area contributed by atoms with E-state index in [4.69, 9.17) is 9.97 Å². The van der Waals surface area contributed by atoms with E-state index in [9.17, 15) is 4.79 Å². The third-order valence-electron chi connectivity index (χ3n) is 5.25. The van der Waals surface area contributed by atoms with Crippen LogP contribution in [0.5, 0.6) is 0 Å². The highest BCUT2D eigenvalue weighted by molar-refractivity contribution is 7.25. The molecule has 0 saturated carbocycles. The topological polar surface area (TPSA) is 66.9 Å². The molecule has 5 nitrogen and oxygen atoms in total. The molecule has 6 aromatic rings. The predicted octanol–water partition coefficient (Wildman–Crippen LogP) is 6.79. The van der Waals surface area contributed by atoms with Gasteiger partial charge in [0.25, 0.3) is 0 Å². The van der Waals surface area contributed by atoms with E-state index in [-0.39, 0.29) is 6.03 Å². The molecule has 0 aliphatic carbocycles. The summed E-state index contributed by atoms with van der Waals surface area (Å²) in [5.74, 6) is 0. The summed E-state index contributed by atoms with van der Waals surface area (Å²) in [4.78, 5) is 23.0. The minimum absolute atomic E-state index is 0.286. The molecule has 0 saturated heterocycles. The van der Waals surface area contributed by atoms with Crippen LogP contribution in [0.1, 0.15) is 0 Å². The van der Waals surface area contributed by atoms with Crippen LogP contribution in [0.15, 0.2) is 84.9 Å². The summed E-state index contributed by atoms with van der Waals surface area (Å²) in [5.41, 5.74) is 4.06. The molecule has 0 unspecified atom stereocenters. The van der Waals surface area contributed by atoms with Gasteiger partial charge in [0.1, 0.15) is 10.3 Å². The van der Waals surface area contributed by atoms with E-state index in [0.717, 1.165) is 47.9 Å². The van der Waals surface area contributed by atoms with Gasteiger partial charge in [-0.2, -0.15) is 0 Å². The van der Waals surface area contributed by atoms with Crippen LogP contribution in [-0.4, -0.2) is 16.0 Å². The molecule has 2 heterocycles. The molecule has 0 aliphatic rings. The second-order valence-corrected chi connectivity index (χ2v) is 8.35. The normalized spacial score (nSPS) is 11.4. The number of nitrogens with one attached hydrogen (secondary N) is 2. The summed E-state index contributed by atoms with van der Waals surface area (Å²) in [7, 11) is 0. The minimum Gasteiger partial charge on any atom is -0.308 e. The monoisotopic (exact) mass is 420 g/mol. The smallest absolute Gasteiger partial charge is 0.308 e. The van der Waals surface area contributed by atoms with Crippen molar-refractivity contribution in [2.45, 2.75) is 0 Å². The summed E-state index contributed by atoms with van der Waals surface area (Å²) in [6.45, 7) is 0. The number of rotatable bonds is 2. The Hall–Kier alpha value is -4.03. The molecular formula is C25H16N4OS. The Bertz CT molecular complexity index is 1620. The van der Waals surface area contributed by atoms with Gasteiger partial charge in [0, 0.05) is 21.5 Å². The highest BCUT2D eigenvalue weighted by atomic mass is 32.1. The number of carbonyl (C=O) groups is 1. The number of carbonyl (C=O) groups excluding carboxylic acids is 1. The first-order chi connectivity index (χ1) is 15.2. The first-order valence-electron chi connectivity index (χ1n) is 9.89. The molecule has 0 atom stereocenters. The zero-order valence-corrected chi connectivity index (χ0v) is 17.1. The summed E-state index contributed by atoms with van der Waals surface area (Å²) in [5, 5.41) is 9.04. The molecule has 4 aromatic carbocycles. The molecule has 2 N–H and O–H groups in total. The summed E-state index contributed by atoms with van der Waals surface area (Å²) in [6, 6.07) is 27.3. The van der Waals surface area contributed by atoms with Gasteiger partial charge in [0.05, 0.1) is 11.0 Å². The van der Waals surface area contributed by atoms with Crippen LogP contribution in [-0.2, 0) is 0 Å². The number of fused-ring (bicyclic) bond motifs is 5. The Labute approximate surface area is 181 Å². The van der Waals surface area contributed by atoms with Crippen LogP contribution in [0.2, 0.25) is 0 Å². The number of aromatic nitrogens is 2. The number of hydrogen-bond donors (Lipinski definition) is 2.